The first-order chi connectivity index (χ1) is 17.3. The van der Waals surface area contributed by atoms with Gasteiger partial charge in [0.1, 0.15) is 0 Å². The number of para-hydroxylation sites is 2. The maximum Gasteiger partial charge on any atom is 0.0578 e. The lowest BCUT2D eigenvalue weighted by molar-refractivity contribution is 0.578. The molecule has 1 heterocycles. The molecule has 0 atom stereocenters. The lowest BCUT2D eigenvalue weighted by Gasteiger charge is -2.27. The molecule has 0 aliphatic rings. The Labute approximate surface area is 223 Å². The van der Waals surface area contributed by atoms with Gasteiger partial charge in [-0.3, -0.25) is 0 Å². The molecule has 0 radical (unpaired) electrons. The molecule has 4 aromatic carbocycles. The topological polar surface area (TPSA) is 4.93 Å². The van der Waals surface area contributed by atoms with E-state index in [1.807, 2.05) is 0 Å². The maximum atomic E-state index is 2.46. The van der Waals surface area contributed by atoms with Crippen LogP contribution in [0, 0.1) is 0 Å². The summed E-state index contributed by atoms with van der Waals surface area (Å²) >= 11 is 0. The Hall–Kier alpha value is -3.32. The van der Waals surface area contributed by atoms with E-state index in [-0.39, 0.29) is 16.2 Å². The Bertz CT molecular complexity index is 1590. The molecule has 0 spiro atoms. The lowest BCUT2D eigenvalue weighted by atomic mass is 9.78. The average Bonchev–Trinajstić information content (AvgIpc) is 3.16. The summed E-state index contributed by atoms with van der Waals surface area (Å²) in [6.07, 6.45) is 0. The molecule has 0 bridgehead atoms. The molecule has 5 rings (SSSR count). The normalized spacial score (nSPS) is 13.0. The van der Waals surface area contributed by atoms with E-state index in [4.69, 9.17) is 0 Å². The van der Waals surface area contributed by atoms with Crippen molar-refractivity contribution in [2.75, 3.05) is 0 Å². The third kappa shape index (κ3) is 4.50. The van der Waals surface area contributed by atoms with E-state index in [0.717, 1.165) is 0 Å². The van der Waals surface area contributed by atoms with Crippen molar-refractivity contribution in [3.63, 3.8) is 0 Å². The minimum Gasteiger partial charge on any atom is -0.309 e. The number of rotatable bonds is 2. The average molecular weight is 488 g/mol. The molecule has 0 saturated heterocycles. The van der Waals surface area contributed by atoms with Crippen LogP contribution in [0.4, 0.5) is 0 Å². The van der Waals surface area contributed by atoms with Gasteiger partial charge in [-0.25, -0.2) is 0 Å². The van der Waals surface area contributed by atoms with Crippen LogP contribution < -0.4 is 0 Å². The van der Waals surface area contributed by atoms with Crippen molar-refractivity contribution in [1.29, 1.82) is 0 Å². The van der Waals surface area contributed by atoms with E-state index in [0.29, 0.717) is 0 Å². The zero-order valence-electron chi connectivity index (χ0n) is 24.0. The van der Waals surface area contributed by atoms with E-state index in [9.17, 15) is 0 Å². The molecular formula is C36H41N. The van der Waals surface area contributed by atoms with Crippen molar-refractivity contribution < 1.29 is 0 Å². The minimum absolute atomic E-state index is 0.0422. The van der Waals surface area contributed by atoms with Crippen molar-refractivity contribution in [1.82, 2.24) is 4.57 Å². The molecule has 5 aromatic rings. The Morgan fingerprint density at radius 3 is 1.76 bits per heavy atom. The molecule has 190 valence electrons. The van der Waals surface area contributed by atoms with Gasteiger partial charge in [-0.2, -0.15) is 0 Å². The van der Waals surface area contributed by atoms with Gasteiger partial charge in [0, 0.05) is 16.5 Å². The molecule has 0 N–H and O–H groups in total. The van der Waals surface area contributed by atoms with Gasteiger partial charge in [0.25, 0.3) is 0 Å². The van der Waals surface area contributed by atoms with E-state index < -0.39 is 0 Å². The number of benzene rings is 4. The van der Waals surface area contributed by atoms with Crippen molar-refractivity contribution in [3.8, 4) is 16.8 Å². The van der Waals surface area contributed by atoms with Crippen LogP contribution in [-0.2, 0) is 16.2 Å². The first-order valence-corrected chi connectivity index (χ1v) is 13.6. The monoisotopic (exact) mass is 487 g/mol. The molecule has 0 saturated carbocycles. The molecular weight excluding hydrogens is 446 g/mol. The second-order valence-electron chi connectivity index (χ2n) is 13.6. The van der Waals surface area contributed by atoms with Crippen LogP contribution in [0.15, 0.2) is 84.9 Å². The standard InChI is InChI=1S/C36H41N/c1-34(2,3)25-19-22-30(35(4,5)6)29(23-25)24-17-20-26(21-18-24)37-32-16-11-10-13-27(32)28-14-12-15-31(33(28)37)36(7,8)9/h10-23H,1-9H3. The zero-order valence-corrected chi connectivity index (χ0v) is 24.0. The summed E-state index contributed by atoms with van der Waals surface area (Å²) < 4.78 is 2.46. The Morgan fingerprint density at radius 2 is 1.14 bits per heavy atom. The van der Waals surface area contributed by atoms with Crippen molar-refractivity contribution in [3.05, 3.63) is 102 Å². The maximum absolute atomic E-state index is 2.46. The smallest absolute Gasteiger partial charge is 0.0578 e. The summed E-state index contributed by atoms with van der Waals surface area (Å²) in [6.45, 7) is 20.7. The van der Waals surface area contributed by atoms with Gasteiger partial charge in [0.05, 0.1) is 11.0 Å². The minimum atomic E-state index is 0.0422. The van der Waals surface area contributed by atoms with Crippen molar-refractivity contribution in [2.45, 2.75) is 78.6 Å². The second kappa shape index (κ2) is 8.62. The molecule has 0 aliphatic heterocycles. The van der Waals surface area contributed by atoms with Crippen LogP contribution >= 0.6 is 0 Å². The van der Waals surface area contributed by atoms with Crippen LogP contribution in [0.25, 0.3) is 38.6 Å². The van der Waals surface area contributed by atoms with Crippen molar-refractivity contribution in [2.24, 2.45) is 0 Å². The van der Waals surface area contributed by atoms with E-state index >= 15 is 0 Å². The first kappa shape index (κ1) is 25.3. The summed E-state index contributed by atoms with van der Waals surface area (Å²) in [4.78, 5) is 0. The molecule has 1 nitrogen and oxygen atoms in total. The number of aromatic nitrogens is 1. The van der Waals surface area contributed by atoms with Gasteiger partial charge in [-0.15, -0.1) is 0 Å². The highest BCUT2D eigenvalue weighted by Crippen LogP contribution is 2.40. The van der Waals surface area contributed by atoms with E-state index in [1.54, 1.807) is 0 Å². The molecule has 0 unspecified atom stereocenters. The van der Waals surface area contributed by atoms with Gasteiger partial charge in [0.15, 0.2) is 0 Å². The molecule has 0 amide bonds. The molecule has 37 heavy (non-hydrogen) atoms. The predicted molar refractivity (Wildman–Crippen MR) is 162 cm³/mol. The van der Waals surface area contributed by atoms with Gasteiger partial charge in [0.2, 0.25) is 0 Å². The summed E-state index contributed by atoms with van der Waals surface area (Å²) in [7, 11) is 0. The SMILES string of the molecule is CC(C)(C)c1ccc(C(C)(C)C)c(-c2ccc(-n3c4ccccc4c4cccc(C(C)(C)C)c43)cc2)c1. The van der Waals surface area contributed by atoms with Crippen LogP contribution in [0.5, 0.6) is 0 Å². The number of hydrogen-bond acceptors (Lipinski definition) is 0. The van der Waals surface area contributed by atoms with Crippen LogP contribution in [-0.4, -0.2) is 4.57 Å². The fraction of sp³-hybridized carbons (Fsp3) is 0.333. The van der Waals surface area contributed by atoms with Crippen molar-refractivity contribution >= 4 is 21.8 Å². The third-order valence-electron chi connectivity index (χ3n) is 7.63. The van der Waals surface area contributed by atoms with Gasteiger partial charge in [-0.1, -0.05) is 129 Å². The van der Waals surface area contributed by atoms with Crippen LogP contribution in [0.1, 0.15) is 79.0 Å². The van der Waals surface area contributed by atoms with E-state index in [1.165, 1.54) is 55.3 Å². The quantitative estimate of drug-likeness (QED) is 0.233. The molecule has 1 heteroatoms. The summed E-state index contributed by atoms with van der Waals surface area (Å²) in [5.74, 6) is 0. The Morgan fingerprint density at radius 1 is 0.514 bits per heavy atom. The Balaban J connectivity index is 1.74. The van der Waals surface area contributed by atoms with Gasteiger partial charge in [-0.05, 0) is 62.3 Å². The summed E-state index contributed by atoms with van der Waals surface area (Å²) in [5.41, 5.74) is 10.7. The highest BCUT2D eigenvalue weighted by molar-refractivity contribution is 6.10. The third-order valence-corrected chi connectivity index (χ3v) is 7.63. The number of hydrogen-bond donors (Lipinski definition) is 0. The fourth-order valence-corrected chi connectivity index (χ4v) is 5.59. The van der Waals surface area contributed by atoms with Gasteiger partial charge >= 0.3 is 0 Å². The van der Waals surface area contributed by atoms with Crippen LogP contribution in [0.3, 0.4) is 0 Å². The summed E-state index contributed by atoms with van der Waals surface area (Å²) in [5, 5.41) is 2.63. The fourth-order valence-electron chi connectivity index (χ4n) is 5.59. The zero-order chi connectivity index (χ0) is 26.8. The molecule has 1 aromatic heterocycles. The first-order valence-electron chi connectivity index (χ1n) is 13.6. The highest BCUT2D eigenvalue weighted by atomic mass is 15.0. The lowest BCUT2D eigenvalue weighted by Crippen LogP contribution is -2.16. The van der Waals surface area contributed by atoms with Crippen LogP contribution in [0.2, 0.25) is 0 Å². The Kier molecular flexibility index (Phi) is 5.90. The number of fused-ring (bicyclic) bond motifs is 3. The van der Waals surface area contributed by atoms with Gasteiger partial charge < -0.3 is 4.57 Å². The number of nitrogens with zero attached hydrogens (tertiary/aromatic N) is 1. The predicted octanol–water partition coefficient (Wildman–Crippen LogP) is 10.3. The highest BCUT2D eigenvalue weighted by Gasteiger charge is 2.24. The largest absolute Gasteiger partial charge is 0.309 e. The molecule has 0 fully saturated rings. The summed E-state index contributed by atoms with van der Waals surface area (Å²) in [6, 6.07) is 31.9. The second-order valence-corrected chi connectivity index (χ2v) is 13.6. The molecule has 0 aliphatic carbocycles. The van der Waals surface area contributed by atoms with E-state index in [2.05, 4.69) is 152 Å².